The molecule has 3 rings (SSSR count). The lowest BCUT2D eigenvalue weighted by atomic mass is 9.41. The minimum atomic E-state index is -2.11. The van der Waals surface area contributed by atoms with Gasteiger partial charge in [0.25, 0.3) is 0 Å². The highest BCUT2D eigenvalue weighted by molar-refractivity contribution is 6.74. The maximum atomic E-state index is 12.6. The first kappa shape index (κ1) is 31.3. The van der Waals surface area contributed by atoms with Gasteiger partial charge >= 0.3 is 0 Å². The summed E-state index contributed by atoms with van der Waals surface area (Å²) in [7, 11) is -4.22. The average molecular weight is 551 g/mol. The van der Waals surface area contributed by atoms with Crippen molar-refractivity contribution < 1.29 is 19.1 Å². The molecule has 0 spiro atoms. The Balaban J connectivity index is 2.21. The standard InChI is InChI=1S/C31H58O4Si2/c1-12-13-16-24-21-25-17-14-19-30(33)20-15-18-29(26(24)32,22-34-36(8,9)27(2,3)4)31(25,30)23-35-37(10,11)28(5,6)7/h15,18,21,24,26,32-33H,12-14,16-17,19-20,22-23H2,1-11H3/t24-,26-,29+,30-,31+/m0/s1. The smallest absolute Gasteiger partial charge is 0.192 e. The van der Waals surface area contributed by atoms with E-state index >= 15 is 0 Å². The Kier molecular flexibility index (Phi) is 8.71. The quantitative estimate of drug-likeness (QED) is 0.226. The van der Waals surface area contributed by atoms with Gasteiger partial charge in [0.05, 0.1) is 22.5 Å². The highest BCUT2D eigenvalue weighted by Crippen LogP contribution is 2.67. The van der Waals surface area contributed by atoms with Crippen molar-refractivity contribution in [1.82, 2.24) is 0 Å². The van der Waals surface area contributed by atoms with Gasteiger partial charge < -0.3 is 19.1 Å². The van der Waals surface area contributed by atoms with Gasteiger partial charge in [0.1, 0.15) is 0 Å². The third kappa shape index (κ3) is 5.17. The summed E-state index contributed by atoms with van der Waals surface area (Å²) in [5, 5.41) is 25.1. The summed E-state index contributed by atoms with van der Waals surface area (Å²) < 4.78 is 14.0. The largest absolute Gasteiger partial charge is 0.416 e. The molecule has 0 radical (unpaired) electrons. The van der Waals surface area contributed by atoms with E-state index in [0.717, 1.165) is 38.5 Å². The molecule has 0 bridgehead atoms. The van der Waals surface area contributed by atoms with Gasteiger partial charge in [0.15, 0.2) is 16.6 Å². The summed E-state index contributed by atoms with van der Waals surface area (Å²) in [5.41, 5.74) is -1.01. The predicted octanol–water partition coefficient (Wildman–Crippen LogP) is 7.99. The second-order valence-electron chi connectivity index (χ2n) is 15.5. The Hall–Kier alpha value is -0.246. The summed E-state index contributed by atoms with van der Waals surface area (Å²) in [6, 6.07) is 0. The van der Waals surface area contributed by atoms with E-state index in [-0.39, 0.29) is 16.0 Å². The van der Waals surface area contributed by atoms with E-state index in [1.807, 2.05) is 0 Å². The van der Waals surface area contributed by atoms with Crippen LogP contribution in [0.5, 0.6) is 0 Å². The number of unbranched alkanes of at least 4 members (excludes halogenated alkanes) is 1. The van der Waals surface area contributed by atoms with Crippen LogP contribution in [0, 0.1) is 16.7 Å². The van der Waals surface area contributed by atoms with Gasteiger partial charge in [-0.05, 0) is 68.4 Å². The zero-order chi connectivity index (χ0) is 28.1. The fraction of sp³-hybridized carbons (Fsp3) is 0.871. The normalized spacial score (nSPS) is 34.8. The minimum Gasteiger partial charge on any atom is -0.416 e. The molecule has 3 aliphatic rings. The average Bonchev–Trinajstić information content (AvgIpc) is 2.76. The van der Waals surface area contributed by atoms with E-state index in [4.69, 9.17) is 8.85 Å². The third-order valence-electron chi connectivity index (χ3n) is 11.2. The summed E-state index contributed by atoms with van der Waals surface area (Å²) >= 11 is 0. The van der Waals surface area contributed by atoms with E-state index in [2.05, 4.69) is 92.9 Å². The molecule has 0 aromatic rings. The lowest BCUT2D eigenvalue weighted by molar-refractivity contribution is -0.211. The molecule has 0 heterocycles. The molecule has 2 N–H and O–H groups in total. The van der Waals surface area contributed by atoms with Crippen molar-refractivity contribution in [3.05, 3.63) is 23.8 Å². The molecule has 1 fully saturated rings. The summed E-state index contributed by atoms with van der Waals surface area (Å²) in [4.78, 5) is 0. The van der Waals surface area contributed by atoms with Crippen LogP contribution < -0.4 is 0 Å². The Morgan fingerprint density at radius 2 is 1.54 bits per heavy atom. The number of rotatable bonds is 9. The fourth-order valence-electron chi connectivity index (χ4n) is 6.54. The van der Waals surface area contributed by atoms with Gasteiger partial charge in [-0.2, -0.15) is 0 Å². The molecule has 0 unspecified atom stereocenters. The third-order valence-corrected chi connectivity index (χ3v) is 20.2. The van der Waals surface area contributed by atoms with E-state index < -0.39 is 39.2 Å². The van der Waals surface area contributed by atoms with Crippen LogP contribution >= 0.6 is 0 Å². The fourth-order valence-corrected chi connectivity index (χ4v) is 8.58. The maximum absolute atomic E-state index is 12.6. The first-order valence-corrected chi connectivity index (χ1v) is 20.7. The summed E-state index contributed by atoms with van der Waals surface area (Å²) in [6.45, 7) is 25.9. The van der Waals surface area contributed by atoms with E-state index in [9.17, 15) is 10.2 Å². The molecule has 1 saturated carbocycles. The van der Waals surface area contributed by atoms with Gasteiger partial charge in [0.2, 0.25) is 0 Å². The van der Waals surface area contributed by atoms with Crippen LogP contribution in [-0.2, 0) is 8.85 Å². The predicted molar refractivity (Wildman–Crippen MR) is 161 cm³/mol. The Labute approximate surface area is 230 Å². The zero-order valence-corrected chi connectivity index (χ0v) is 28.0. The molecule has 0 aliphatic heterocycles. The Morgan fingerprint density at radius 1 is 0.973 bits per heavy atom. The highest BCUT2D eigenvalue weighted by atomic mass is 28.4. The number of hydrogen-bond donors (Lipinski definition) is 2. The summed E-state index contributed by atoms with van der Waals surface area (Å²) in [5.74, 6) is 0.0732. The Morgan fingerprint density at radius 3 is 2.08 bits per heavy atom. The molecule has 6 heteroatoms. The first-order chi connectivity index (χ1) is 16.8. The second kappa shape index (κ2) is 10.3. The van der Waals surface area contributed by atoms with Crippen molar-refractivity contribution in [3.8, 4) is 0 Å². The molecule has 0 saturated heterocycles. The molecular formula is C31H58O4Si2. The van der Waals surface area contributed by atoms with Crippen molar-refractivity contribution in [3.63, 3.8) is 0 Å². The molecular weight excluding hydrogens is 493 g/mol. The van der Waals surface area contributed by atoms with E-state index in [0.29, 0.717) is 19.6 Å². The molecule has 0 aromatic carbocycles. The Bertz CT molecular complexity index is 881. The van der Waals surface area contributed by atoms with Crippen LogP contribution in [-0.4, -0.2) is 51.8 Å². The molecule has 0 amide bonds. The van der Waals surface area contributed by atoms with Gasteiger partial charge in [0, 0.05) is 19.1 Å². The molecule has 37 heavy (non-hydrogen) atoms. The molecule has 4 nitrogen and oxygen atoms in total. The molecule has 0 aromatic heterocycles. The van der Waals surface area contributed by atoms with Crippen molar-refractivity contribution >= 4 is 16.6 Å². The van der Waals surface area contributed by atoms with Crippen LogP contribution in [0.3, 0.4) is 0 Å². The van der Waals surface area contributed by atoms with Gasteiger partial charge in [-0.25, -0.2) is 0 Å². The lowest BCUT2D eigenvalue weighted by Gasteiger charge is -2.67. The highest BCUT2D eigenvalue weighted by Gasteiger charge is 2.70. The maximum Gasteiger partial charge on any atom is 0.192 e. The number of aliphatic hydroxyl groups excluding tert-OH is 1. The van der Waals surface area contributed by atoms with Crippen LogP contribution in [0.25, 0.3) is 0 Å². The number of hydrogen-bond acceptors (Lipinski definition) is 4. The molecule has 214 valence electrons. The lowest BCUT2D eigenvalue weighted by Crippen LogP contribution is -2.72. The van der Waals surface area contributed by atoms with Crippen LogP contribution in [0.2, 0.25) is 36.3 Å². The van der Waals surface area contributed by atoms with Crippen molar-refractivity contribution in [2.45, 2.75) is 141 Å². The second-order valence-corrected chi connectivity index (χ2v) is 25.1. The summed E-state index contributed by atoms with van der Waals surface area (Å²) in [6.07, 6.45) is 12.6. The van der Waals surface area contributed by atoms with Crippen LogP contribution in [0.1, 0.15) is 93.4 Å². The van der Waals surface area contributed by atoms with E-state index in [1.54, 1.807) is 0 Å². The first-order valence-electron chi connectivity index (χ1n) is 14.9. The van der Waals surface area contributed by atoms with E-state index in [1.165, 1.54) is 5.57 Å². The van der Waals surface area contributed by atoms with Crippen molar-refractivity contribution in [2.75, 3.05) is 13.2 Å². The monoisotopic (exact) mass is 550 g/mol. The molecule has 5 atom stereocenters. The van der Waals surface area contributed by atoms with Gasteiger partial charge in [-0.15, -0.1) is 0 Å². The SMILES string of the molecule is CCCC[C@H]1C=C2CCC[C@]3(O)CC=C[C@@](CO[Si](C)(C)C(C)(C)C)([C@H]1O)[C@@]23CO[Si](C)(C)C(C)(C)C. The van der Waals surface area contributed by atoms with Crippen LogP contribution in [0.15, 0.2) is 23.8 Å². The van der Waals surface area contributed by atoms with Crippen molar-refractivity contribution in [1.29, 1.82) is 0 Å². The zero-order valence-electron chi connectivity index (χ0n) is 26.0. The topological polar surface area (TPSA) is 58.9 Å². The number of aliphatic hydroxyl groups is 2. The van der Waals surface area contributed by atoms with Crippen molar-refractivity contribution in [2.24, 2.45) is 16.7 Å². The molecule has 3 aliphatic carbocycles. The van der Waals surface area contributed by atoms with Crippen LogP contribution in [0.4, 0.5) is 0 Å². The van der Waals surface area contributed by atoms with Gasteiger partial charge in [-0.3, -0.25) is 0 Å². The minimum absolute atomic E-state index is 0.0651. The van der Waals surface area contributed by atoms with Gasteiger partial charge in [-0.1, -0.05) is 85.1 Å².